The highest BCUT2D eigenvalue weighted by Crippen LogP contribution is 2.29. The summed E-state index contributed by atoms with van der Waals surface area (Å²) in [5, 5.41) is 0. The van der Waals surface area contributed by atoms with Crippen LogP contribution in [0.1, 0.15) is 11.1 Å². The van der Waals surface area contributed by atoms with Gasteiger partial charge in [0.05, 0.1) is 26.9 Å². The predicted molar refractivity (Wildman–Crippen MR) is 95.6 cm³/mol. The Hall–Kier alpha value is -3.01. The van der Waals surface area contributed by atoms with Crippen LogP contribution in [-0.4, -0.2) is 27.1 Å². The fourth-order valence-electron chi connectivity index (χ4n) is 2.16. The molecule has 0 bridgehead atoms. The van der Waals surface area contributed by atoms with E-state index in [1.54, 1.807) is 33.5 Å². The first-order valence-electron chi connectivity index (χ1n) is 7.43. The van der Waals surface area contributed by atoms with Crippen molar-refractivity contribution in [3.63, 3.8) is 0 Å². The molecule has 0 unspecified atom stereocenters. The molecule has 0 saturated carbocycles. The Labute approximate surface area is 142 Å². The van der Waals surface area contributed by atoms with Crippen molar-refractivity contribution >= 4 is 17.9 Å². The van der Waals surface area contributed by atoms with Crippen molar-refractivity contribution in [3.8, 4) is 17.2 Å². The number of hydrogen-bond donors (Lipinski definition) is 0. The molecule has 0 atom stereocenters. The SMILES string of the molecule is COc1ccc(/C=C/C(=O)/C=C/c2c(OC)cccc2OC)cc1. The molecular weight excluding hydrogens is 304 g/mol. The van der Waals surface area contributed by atoms with E-state index in [-0.39, 0.29) is 5.78 Å². The largest absolute Gasteiger partial charge is 0.497 e. The van der Waals surface area contributed by atoms with Gasteiger partial charge in [0.25, 0.3) is 0 Å². The molecule has 24 heavy (non-hydrogen) atoms. The Balaban J connectivity index is 2.11. The molecule has 0 spiro atoms. The number of carbonyl (C=O) groups is 1. The second-order valence-electron chi connectivity index (χ2n) is 4.92. The third kappa shape index (κ3) is 4.49. The number of carbonyl (C=O) groups excluding carboxylic acids is 1. The van der Waals surface area contributed by atoms with Crippen LogP contribution in [0, 0.1) is 0 Å². The molecule has 0 N–H and O–H groups in total. The van der Waals surface area contributed by atoms with Gasteiger partial charge in [-0.2, -0.15) is 0 Å². The first-order chi connectivity index (χ1) is 11.7. The molecule has 2 aromatic rings. The lowest BCUT2D eigenvalue weighted by Crippen LogP contribution is -1.93. The molecule has 2 aromatic carbocycles. The predicted octanol–water partition coefficient (Wildman–Crippen LogP) is 4.01. The quantitative estimate of drug-likeness (QED) is 0.722. The van der Waals surface area contributed by atoms with Gasteiger partial charge in [-0.15, -0.1) is 0 Å². The van der Waals surface area contributed by atoms with Crippen LogP contribution in [-0.2, 0) is 4.79 Å². The van der Waals surface area contributed by atoms with E-state index < -0.39 is 0 Å². The summed E-state index contributed by atoms with van der Waals surface area (Å²) in [6.45, 7) is 0. The minimum Gasteiger partial charge on any atom is -0.497 e. The molecule has 0 amide bonds. The van der Waals surface area contributed by atoms with Gasteiger partial charge in [-0.3, -0.25) is 4.79 Å². The molecule has 2 rings (SSSR count). The van der Waals surface area contributed by atoms with Crippen LogP contribution in [0.5, 0.6) is 17.2 Å². The zero-order valence-corrected chi connectivity index (χ0v) is 14.0. The fraction of sp³-hybridized carbons (Fsp3) is 0.150. The summed E-state index contributed by atoms with van der Waals surface area (Å²) in [6, 6.07) is 12.9. The van der Waals surface area contributed by atoms with Crippen molar-refractivity contribution in [2.75, 3.05) is 21.3 Å². The molecule has 0 aromatic heterocycles. The smallest absolute Gasteiger partial charge is 0.178 e. The van der Waals surface area contributed by atoms with Gasteiger partial charge in [0.2, 0.25) is 0 Å². The van der Waals surface area contributed by atoms with Crippen molar-refractivity contribution in [2.45, 2.75) is 0 Å². The van der Waals surface area contributed by atoms with Gasteiger partial charge in [-0.05, 0) is 48.1 Å². The maximum atomic E-state index is 12.0. The van der Waals surface area contributed by atoms with Gasteiger partial charge in [0, 0.05) is 0 Å². The number of allylic oxidation sites excluding steroid dienone is 2. The number of ether oxygens (including phenoxy) is 3. The Kier molecular flexibility index (Phi) is 6.20. The van der Waals surface area contributed by atoms with Crippen LogP contribution in [0.15, 0.2) is 54.6 Å². The highest BCUT2D eigenvalue weighted by molar-refractivity contribution is 6.04. The third-order valence-electron chi connectivity index (χ3n) is 3.44. The molecule has 0 aliphatic carbocycles. The molecule has 0 radical (unpaired) electrons. The van der Waals surface area contributed by atoms with Crippen molar-refractivity contribution in [1.29, 1.82) is 0 Å². The number of methoxy groups -OCH3 is 3. The average molecular weight is 324 g/mol. The summed E-state index contributed by atoms with van der Waals surface area (Å²) in [7, 11) is 4.78. The monoisotopic (exact) mass is 324 g/mol. The summed E-state index contributed by atoms with van der Waals surface area (Å²) in [5.41, 5.74) is 1.65. The van der Waals surface area contributed by atoms with E-state index in [9.17, 15) is 4.79 Å². The van der Waals surface area contributed by atoms with Gasteiger partial charge >= 0.3 is 0 Å². The lowest BCUT2D eigenvalue weighted by atomic mass is 10.1. The second kappa shape index (κ2) is 8.58. The van der Waals surface area contributed by atoms with E-state index in [0.29, 0.717) is 11.5 Å². The van der Waals surface area contributed by atoms with E-state index in [4.69, 9.17) is 14.2 Å². The van der Waals surface area contributed by atoms with Crippen LogP contribution < -0.4 is 14.2 Å². The molecule has 0 aliphatic heterocycles. The number of ketones is 1. The molecule has 4 heteroatoms. The Morgan fingerprint density at radius 2 is 1.38 bits per heavy atom. The molecule has 124 valence electrons. The van der Waals surface area contributed by atoms with E-state index in [1.807, 2.05) is 42.5 Å². The average Bonchev–Trinajstić information content (AvgIpc) is 2.64. The van der Waals surface area contributed by atoms with Crippen LogP contribution >= 0.6 is 0 Å². The van der Waals surface area contributed by atoms with E-state index >= 15 is 0 Å². The summed E-state index contributed by atoms with van der Waals surface area (Å²) in [6.07, 6.45) is 6.45. The van der Waals surface area contributed by atoms with Gasteiger partial charge in [0.15, 0.2) is 5.78 Å². The summed E-state index contributed by atoms with van der Waals surface area (Å²) >= 11 is 0. The van der Waals surface area contributed by atoms with Crippen LogP contribution in [0.3, 0.4) is 0 Å². The summed E-state index contributed by atoms with van der Waals surface area (Å²) in [4.78, 5) is 12.0. The molecule has 0 saturated heterocycles. The maximum Gasteiger partial charge on any atom is 0.178 e. The Morgan fingerprint density at radius 1 is 0.792 bits per heavy atom. The molecule has 0 heterocycles. The molecule has 0 fully saturated rings. The Morgan fingerprint density at radius 3 is 1.92 bits per heavy atom. The van der Waals surface area contributed by atoms with Crippen molar-refractivity contribution in [3.05, 3.63) is 65.7 Å². The van der Waals surface area contributed by atoms with Crippen molar-refractivity contribution in [2.24, 2.45) is 0 Å². The third-order valence-corrected chi connectivity index (χ3v) is 3.44. The summed E-state index contributed by atoms with van der Waals surface area (Å²) in [5.74, 6) is 1.95. The lowest BCUT2D eigenvalue weighted by molar-refractivity contribution is -0.110. The second-order valence-corrected chi connectivity index (χ2v) is 4.92. The van der Waals surface area contributed by atoms with Crippen LogP contribution in [0.25, 0.3) is 12.2 Å². The zero-order chi connectivity index (χ0) is 17.4. The van der Waals surface area contributed by atoms with Crippen LogP contribution in [0.2, 0.25) is 0 Å². The zero-order valence-electron chi connectivity index (χ0n) is 14.0. The Bertz CT molecular complexity index is 720. The van der Waals surface area contributed by atoms with E-state index in [2.05, 4.69) is 0 Å². The van der Waals surface area contributed by atoms with Gasteiger partial charge in [0.1, 0.15) is 17.2 Å². The first-order valence-corrected chi connectivity index (χ1v) is 7.43. The molecule has 0 aliphatic rings. The summed E-state index contributed by atoms with van der Waals surface area (Å²) < 4.78 is 15.7. The lowest BCUT2D eigenvalue weighted by Gasteiger charge is -2.09. The highest BCUT2D eigenvalue weighted by Gasteiger charge is 2.06. The van der Waals surface area contributed by atoms with Crippen LogP contribution in [0.4, 0.5) is 0 Å². The first kappa shape index (κ1) is 17.3. The minimum atomic E-state index is -0.126. The minimum absolute atomic E-state index is 0.126. The number of benzene rings is 2. The van der Waals surface area contributed by atoms with E-state index in [1.165, 1.54) is 12.2 Å². The highest BCUT2D eigenvalue weighted by atomic mass is 16.5. The van der Waals surface area contributed by atoms with Gasteiger partial charge < -0.3 is 14.2 Å². The molecule has 4 nitrogen and oxygen atoms in total. The normalized spacial score (nSPS) is 11.0. The van der Waals surface area contributed by atoms with E-state index in [0.717, 1.165) is 16.9 Å². The number of rotatable bonds is 7. The number of hydrogen-bond acceptors (Lipinski definition) is 4. The van der Waals surface area contributed by atoms with Gasteiger partial charge in [-0.1, -0.05) is 24.3 Å². The van der Waals surface area contributed by atoms with Gasteiger partial charge in [-0.25, -0.2) is 0 Å². The standard InChI is InChI=1S/C20H20O4/c1-22-17-12-8-15(9-13-17)7-10-16(21)11-14-18-19(23-2)5-4-6-20(18)24-3/h4-14H,1-3H3/b10-7+,14-11+. The maximum absolute atomic E-state index is 12.0. The van der Waals surface area contributed by atoms with Crippen molar-refractivity contribution < 1.29 is 19.0 Å². The molecular formula is C20H20O4. The topological polar surface area (TPSA) is 44.8 Å². The fourth-order valence-corrected chi connectivity index (χ4v) is 2.16. The van der Waals surface area contributed by atoms with Crippen molar-refractivity contribution in [1.82, 2.24) is 0 Å².